The molecule has 0 aliphatic carbocycles. The Balaban J connectivity index is 0.00000400. The van der Waals surface area contributed by atoms with Gasteiger partial charge in [0.05, 0.1) is 6.54 Å². The van der Waals surface area contributed by atoms with Gasteiger partial charge in [-0.3, -0.25) is 4.99 Å². The summed E-state index contributed by atoms with van der Waals surface area (Å²) in [5.74, 6) is 3.29. The first kappa shape index (κ1) is 19.6. The van der Waals surface area contributed by atoms with E-state index < -0.39 is 0 Å². The average Bonchev–Trinajstić information content (AvgIpc) is 2.51. The normalized spacial score (nSPS) is 10.2. The van der Waals surface area contributed by atoms with Gasteiger partial charge in [-0.1, -0.05) is 24.1 Å². The second-order valence-corrected chi connectivity index (χ2v) is 4.33. The molecule has 2 N–H and O–H groups in total. The zero-order valence-electron chi connectivity index (χ0n) is 12.8. The Hall–Kier alpha value is -1.42. The van der Waals surface area contributed by atoms with Crippen molar-refractivity contribution >= 4 is 35.6 Å². The fourth-order valence-corrected chi connectivity index (χ4v) is 1.94. The van der Waals surface area contributed by atoms with Crippen LogP contribution in [0, 0.1) is 12.3 Å². The summed E-state index contributed by atoms with van der Waals surface area (Å²) in [6.07, 6.45) is 6.25. The van der Waals surface area contributed by atoms with E-state index in [1.807, 2.05) is 6.07 Å². The predicted octanol–water partition coefficient (Wildman–Crippen LogP) is 2.32. The summed E-state index contributed by atoms with van der Waals surface area (Å²) >= 11 is 0. The zero-order chi connectivity index (χ0) is 14.6. The topological polar surface area (TPSA) is 39.7 Å². The lowest BCUT2D eigenvalue weighted by atomic mass is 10.2. The number of anilines is 1. The van der Waals surface area contributed by atoms with Crippen LogP contribution in [-0.4, -0.2) is 39.2 Å². The maximum atomic E-state index is 5.21. The molecule has 0 aliphatic heterocycles. The van der Waals surface area contributed by atoms with Crippen LogP contribution < -0.4 is 15.5 Å². The Morgan fingerprint density at radius 2 is 2.00 bits per heavy atom. The van der Waals surface area contributed by atoms with Gasteiger partial charge in [-0.2, -0.15) is 0 Å². The number of hydrogen-bond donors (Lipinski definition) is 2. The Morgan fingerprint density at radius 3 is 2.57 bits per heavy atom. The van der Waals surface area contributed by atoms with Crippen molar-refractivity contribution in [1.29, 1.82) is 0 Å². The third kappa shape index (κ3) is 7.81. The maximum Gasteiger partial charge on any atom is 0.191 e. The molecule has 21 heavy (non-hydrogen) atoms. The second kappa shape index (κ2) is 12.3. The molecule has 116 valence electrons. The van der Waals surface area contributed by atoms with E-state index in [0.29, 0.717) is 6.54 Å². The number of hydrogen-bond acceptors (Lipinski definition) is 2. The molecule has 0 aliphatic rings. The van der Waals surface area contributed by atoms with Crippen molar-refractivity contribution in [2.45, 2.75) is 13.3 Å². The monoisotopic (exact) mass is 400 g/mol. The van der Waals surface area contributed by atoms with Crippen LogP contribution >= 0.6 is 24.0 Å². The van der Waals surface area contributed by atoms with Gasteiger partial charge in [-0.25, -0.2) is 0 Å². The van der Waals surface area contributed by atoms with Gasteiger partial charge in [-0.05, 0) is 25.5 Å². The van der Waals surface area contributed by atoms with Gasteiger partial charge < -0.3 is 15.5 Å². The first-order chi connectivity index (χ1) is 9.81. The number of halogens is 1. The quantitative estimate of drug-likeness (QED) is 0.243. The number of terminal acetylenes is 1. The molecule has 0 amide bonds. The van der Waals surface area contributed by atoms with Gasteiger partial charge in [0.2, 0.25) is 0 Å². The Labute approximate surface area is 145 Å². The van der Waals surface area contributed by atoms with Crippen molar-refractivity contribution in [3.63, 3.8) is 0 Å². The smallest absolute Gasteiger partial charge is 0.191 e. The molecule has 0 saturated heterocycles. The second-order valence-electron chi connectivity index (χ2n) is 4.33. The molecule has 4 nitrogen and oxygen atoms in total. The Morgan fingerprint density at radius 1 is 1.29 bits per heavy atom. The number of nitrogens with zero attached hydrogens (tertiary/aromatic N) is 2. The lowest BCUT2D eigenvalue weighted by Crippen LogP contribution is -2.38. The first-order valence-corrected chi connectivity index (χ1v) is 6.99. The van der Waals surface area contributed by atoms with Crippen LogP contribution in [0.1, 0.15) is 13.3 Å². The molecule has 0 heterocycles. The highest BCUT2D eigenvalue weighted by Gasteiger charge is 2.03. The molecule has 0 radical (unpaired) electrons. The van der Waals surface area contributed by atoms with E-state index >= 15 is 0 Å². The molecular formula is C16H25IN4. The van der Waals surface area contributed by atoms with Crippen molar-refractivity contribution in [2.75, 3.05) is 38.1 Å². The summed E-state index contributed by atoms with van der Waals surface area (Å²) < 4.78 is 0. The molecule has 0 unspecified atom stereocenters. The first-order valence-electron chi connectivity index (χ1n) is 6.99. The summed E-state index contributed by atoms with van der Waals surface area (Å²) in [5.41, 5.74) is 1.27. The maximum absolute atomic E-state index is 5.21. The van der Waals surface area contributed by atoms with Crippen LogP contribution in [0.25, 0.3) is 0 Å². The van der Waals surface area contributed by atoms with E-state index in [-0.39, 0.29) is 24.0 Å². The minimum absolute atomic E-state index is 0. The molecule has 0 spiro atoms. The number of para-hydroxylation sites is 1. The molecule has 0 saturated carbocycles. The van der Waals surface area contributed by atoms with Gasteiger partial charge in [0, 0.05) is 32.4 Å². The fraction of sp³-hybridized carbons (Fsp3) is 0.438. The third-order valence-electron chi connectivity index (χ3n) is 2.98. The number of benzene rings is 1. The summed E-state index contributed by atoms with van der Waals surface area (Å²) in [6, 6.07) is 10.5. The van der Waals surface area contributed by atoms with E-state index in [1.165, 1.54) is 5.69 Å². The number of nitrogens with one attached hydrogen (secondary N) is 2. The van der Waals surface area contributed by atoms with Crippen molar-refractivity contribution in [1.82, 2.24) is 10.6 Å². The summed E-state index contributed by atoms with van der Waals surface area (Å²) in [4.78, 5) is 6.47. The van der Waals surface area contributed by atoms with E-state index in [4.69, 9.17) is 6.42 Å². The SMILES string of the molecule is C#CCNC(=NC)NCCCN(CC)c1ccccc1.I. The highest BCUT2D eigenvalue weighted by Crippen LogP contribution is 2.12. The van der Waals surface area contributed by atoms with Gasteiger partial charge >= 0.3 is 0 Å². The van der Waals surface area contributed by atoms with Crippen LogP contribution in [0.15, 0.2) is 35.3 Å². The molecule has 1 aromatic rings. The fourth-order valence-electron chi connectivity index (χ4n) is 1.94. The molecule has 1 aromatic carbocycles. The van der Waals surface area contributed by atoms with Crippen molar-refractivity contribution in [3.05, 3.63) is 30.3 Å². The summed E-state index contributed by atoms with van der Waals surface area (Å²) in [7, 11) is 1.74. The molecule has 0 atom stereocenters. The highest BCUT2D eigenvalue weighted by atomic mass is 127. The van der Waals surface area contributed by atoms with Gasteiger partial charge in [-0.15, -0.1) is 30.4 Å². The van der Waals surface area contributed by atoms with Crippen LogP contribution in [0.4, 0.5) is 5.69 Å². The largest absolute Gasteiger partial charge is 0.372 e. The van der Waals surface area contributed by atoms with E-state index in [9.17, 15) is 0 Å². The standard InChI is InChI=1S/C16H24N4.HI/c1-4-12-18-16(17-3)19-13-9-14-20(5-2)15-10-7-6-8-11-15;/h1,6-8,10-11H,5,9,12-14H2,2-3H3,(H2,17,18,19);1H. The lowest BCUT2D eigenvalue weighted by Gasteiger charge is -2.23. The van der Waals surface area contributed by atoms with E-state index in [0.717, 1.165) is 32.0 Å². The minimum Gasteiger partial charge on any atom is -0.372 e. The summed E-state index contributed by atoms with van der Waals surface area (Å²) in [5, 5.41) is 6.29. The predicted molar refractivity (Wildman–Crippen MR) is 103 cm³/mol. The summed E-state index contributed by atoms with van der Waals surface area (Å²) in [6.45, 7) is 5.56. The molecule has 0 bridgehead atoms. The third-order valence-corrected chi connectivity index (χ3v) is 2.98. The van der Waals surface area contributed by atoms with Crippen molar-refractivity contribution in [2.24, 2.45) is 4.99 Å². The van der Waals surface area contributed by atoms with Crippen molar-refractivity contribution < 1.29 is 0 Å². The van der Waals surface area contributed by atoms with Gasteiger partial charge in [0.25, 0.3) is 0 Å². The number of guanidine groups is 1. The Bertz CT molecular complexity index is 439. The molecule has 0 aromatic heterocycles. The van der Waals surface area contributed by atoms with E-state index in [2.05, 4.69) is 57.6 Å². The highest BCUT2D eigenvalue weighted by molar-refractivity contribution is 14.0. The lowest BCUT2D eigenvalue weighted by molar-refractivity contribution is 0.714. The number of rotatable bonds is 7. The molecule has 1 rings (SSSR count). The van der Waals surface area contributed by atoms with Crippen molar-refractivity contribution in [3.8, 4) is 12.3 Å². The van der Waals surface area contributed by atoms with Crippen LogP contribution in [-0.2, 0) is 0 Å². The molecule has 5 heteroatoms. The molecular weight excluding hydrogens is 375 g/mol. The Kier molecular flexibility index (Phi) is 11.5. The average molecular weight is 400 g/mol. The van der Waals surface area contributed by atoms with Gasteiger partial charge in [0.15, 0.2) is 5.96 Å². The van der Waals surface area contributed by atoms with Crippen LogP contribution in [0.2, 0.25) is 0 Å². The zero-order valence-corrected chi connectivity index (χ0v) is 15.1. The number of aliphatic imine (C=N–C) groups is 1. The van der Waals surface area contributed by atoms with E-state index in [1.54, 1.807) is 7.05 Å². The van der Waals surface area contributed by atoms with Crippen LogP contribution in [0.3, 0.4) is 0 Å². The van der Waals surface area contributed by atoms with Crippen LogP contribution in [0.5, 0.6) is 0 Å². The molecule has 0 fully saturated rings. The minimum atomic E-state index is 0. The van der Waals surface area contributed by atoms with Gasteiger partial charge in [0.1, 0.15) is 0 Å².